The molecule has 0 aromatic heterocycles. The number of methoxy groups -OCH3 is 1. The van der Waals surface area contributed by atoms with Gasteiger partial charge in [-0.25, -0.2) is 0 Å². The van der Waals surface area contributed by atoms with Crippen molar-refractivity contribution in [2.75, 3.05) is 33.4 Å². The molecule has 2 aromatic carbocycles. The monoisotopic (exact) mass is 370 g/mol. The van der Waals surface area contributed by atoms with Crippen molar-refractivity contribution in [3.8, 4) is 11.5 Å². The van der Waals surface area contributed by atoms with Crippen LogP contribution in [0.1, 0.15) is 28.8 Å². The number of carbonyl (C=O) groups is 1. The Morgan fingerprint density at radius 1 is 1.26 bits per heavy atom. The summed E-state index contributed by atoms with van der Waals surface area (Å²) in [6, 6.07) is 14.7. The van der Waals surface area contributed by atoms with Crippen molar-refractivity contribution in [1.82, 2.24) is 4.90 Å². The molecule has 1 aliphatic rings. The number of nitrogens with two attached hydrogens (primary N) is 1. The molecular weight excluding hydrogens is 344 g/mol. The highest BCUT2D eigenvalue weighted by molar-refractivity contribution is 5.97. The molecule has 6 nitrogen and oxygen atoms in total. The van der Waals surface area contributed by atoms with Crippen LogP contribution in [0.15, 0.2) is 48.5 Å². The third-order valence-corrected chi connectivity index (χ3v) is 4.87. The van der Waals surface area contributed by atoms with E-state index >= 15 is 0 Å². The first-order valence-corrected chi connectivity index (χ1v) is 9.15. The van der Waals surface area contributed by atoms with Crippen LogP contribution in [0.2, 0.25) is 0 Å². The van der Waals surface area contributed by atoms with Gasteiger partial charge in [0.05, 0.1) is 25.8 Å². The Bertz CT molecular complexity index is 781. The predicted octanol–water partition coefficient (Wildman–Crippen LogP) is 2.16. The topological polar surface area (TPSA) is 85.0 Å². The fourth-order valence-electron chi connectivity index (χ4n) is 3.32. The van der Waals surface area contributed by atoms with Crippen molar-refractivity contribution < 1.29 is 19.4 Å². The number of aliphatic hydroxyl groups is 1. The highest BCUT2D eigenvalue weighted by Gasteiger charge is 2.40. The maximum atomic E-state index is 13.1. The van der Waals surface area contributed by atoms with Crippen molar-refractivity contribution in [3.05, 3.63) is 59.7 Å². The molecule has 0 bridgehead atoms. The number of rotatable bonds is 7. The Morgan fingerprint density at radius 3 is 2.74 bits per heavy atom. The van der Waals surface area contributed by atoms with Gasteiger partial charge in [-0.15, -0.1) is 0 Å². The van der Waals surface area contributed by atoms with Gasteiger partial charge < -0.3 is 25.2 Å². The van der Waals surface area contributed by atoms with Gasteiger partial charge in [0.15, 0.2) is 0 Å². The largest absolute Gasteiger partial charge is 0.497 e. The Labute approximate surface area is 159 Å². The Hall–Kier alpha value is -2.57. The van der Waals surface area contributed by atoms with Crippen molar-refractivity contribution in [2.45, 2.75) is 18.4 Å². The molecule has 2 aromatic rings. The molecule has 144 valence electrons. The summed E-state index contributed by atoms with van der Waals surface area (Å²) < 4.78 is 11.0. The van der Waals surface area contributed by atoms with Crippen LogP contribution in [0, 0.1) is 0 Å². The molecule has 0 radical (unpaired) electrons. The molecule has 0 unspecified atom stereocenters. The lowest BCUT2D eigenvalue weighted by Gasteiger charge is -2.24. The zero-order chi connectivity index (χ0) is 19.3. The summed E-state index contributed by atoms with van der Waals surface area (Å²) in [5.41, 5.74) is 5.74. The standard InChI is InChI=1S/C21H26N2O4/c1-26-17-8-9-19(27-13-5-11-22)18(14-17)20(24)23-12-10-21(25,15-23)16-6-3-2-4-7-16/h2-4,6-9,14,25H,5,10-13,15,22H2,1H3/t21-/m1/s1. The maximum absolute atomic E-state index is 13.1. The molecule has 0 spiro atoms. The number of carbonyl (C=O) groups excluding carboxylic acids is 1. The average Bonchev–Trinajstić information content (AvgIpc) is 3.12. The van der Waals surface area contributed by atoms with Gasteiger partial charge in [-0.3, -0.25) is 4.79 Å². The lowest BCUT2D eigenvalue weighted by atomic mass is 9.93. The number of ether oxygens (including phenoxy) is 2. The van der Waals surface area contributed by atoms with E-state index in [2.05, 4.69) is 0 Å². The molecule has 1 heterocycles. The van der Waals surface area contributed by atoms with Crippen LogP contribution in [0.3, 0.4) is 0 Å². The summed E-state index contributed by atoms with van der Waals surface area (Å²) in [5, 5.41) is 11.0. The van der Waals surface area contributed by atoms with E-state index in [0.717, 1.165) is 5.56 Å². The van der Waals surface area contributed by atoms with Gasteiger partial charge in [0.1, 0.15) is 17.1 Å². The second kappa shape index (κ2) is 8.41. The van der Waals surface area contributed by atoms with Crippen LogP contribution in [0.4, 0.5) is 0 Å². The van der Waals surface area contributed by atoms with Crippen molar-refractivity contribution >= 4 is 5.91 Å². The number of amides is 1. The summed E-state index contributed by atoms with van der Waals surface area (Å²) in [7, 11) is 1.56. The first-order valence-electron chi connectivity index (χ1n) is 9.15. The average molecular weight is 370 g/mol. The minimum Gasteiger partial charge on any atom is -0.497 e. The predicted molar refractivity (Wildman–Crippen MR) is 103 cm³/mol. The third kappa shape index (κ3) is 4.23. The van der Waals surface area contributed by atoms with Crippen LogP contribution in [0.5, 0.6) is 11.5 Å². The second-order valence-corrected chi connectivity index (χ2v) is 6.73. The molecule has 1 saturated heterocycles. The van der Waals surface area contributed by atoms with Crippen LogP contribution < -0.4 is 15.2 Å². The van der Waals surface area contributed by atoms with Gasteiger partial charge in [-0.05, 0) is 43.1 Å². The summed E-state index contributed by atoms with van der Waals surface area (Å²) in [4.78, 5) is 14.8. The number of hydrogen-bond donors (Lipinski definition) is 2. The lowest BCUT2D eigenvalue weighted by molar-refractivity contribution is 0.0416. The molecule has 0 aliphatic carbocycles. The summed E-state index contributed by atoms with van der Waals surface area (Å²) in [5.74, 6) is 0.912. The summed E-state index contributed by atoms with van der Waals surface area (Å²) in [6.45, 7) is 1.69. The zero-order valence-electron chi connectivity index (χ0n) is 15.6. The van der Waals surface area contributed by atoms with E-state index in [9.17, 15) is 9.90 Å². The first-order chi connectivity index (χ1) is 13.1. The van der Waals surface area contributed by atoms with Crippen LogP contribution in [-0.4, -0.2) is 49.3 Å². The lowest BCUT2D eigenvalue weighted by Crippen LogP contribution is -2.34. The highest BCUT2D eigenvalue weighted by atomic mass is 16.5. The minimum absolute atomic E-state index is 0.177. The summed E-state index contributed by atoms with van der Waals surface area (Å²) in [6.07, 6.45) is 1.20. The molecule has 3 N–H and O–H groups in total. The van der Waals surface area contributed by atoms with Crippen LogP contribution in [-0.2, 0) is 5.60 Å². The van der Waals surface area contributed by atoms with E-state index < -0.39 is 5.60 Å². The molecule has 1 atom stereocenters. The maximum Gasteiger partial charge on any atom is 0.257 e. The smallest absolute Gasteiger partial charge is 0.257 e. The Morgan fingerprint density at radius 2 is 2.04 bits per heavy atom. The summed E-state index contributed by atoms with van der Waals surface area (Å²) >= 11 is 0. The van der Waals surface area contributed by atoms with Gasteiger partial charge in [-0.2, -0.15) is 0 Å². The fraction of sp³-hybridized carbons (Fsp3) is 0.381. The van der Waals surface area contributed by atoms with Gasteiger partial charge in [0.2, 0.25) is 0 Å². The first kappa shape index (κ1) is 19.2. The normalized spacial score (nSPS) is 19.1. The van der Waals surface area contributed by atoms with Crippen molar-refractivity contribution in [2.24, 2.45) is 5.73 Å². The molecular formula is C21H26N2O4. The SMILES string of the molecule is COc1ccc(OCCCN)c(C(=O)N2CC[C@](O)(c3ccccc3)C2)c1. The Kier molecular flexibility index (Phi) is 5.98. The van der Waals surface area contributed by atoms with Crippen molar-refractivity contribution in [1.29, 1.82) is 0 Å². The molecule has 3 rings (SSSR count). The van der Waals surface area contributed by atoms with Gasteiger partial charge in [-0.1, -0.05) is 30.3 Å². The number of β-amino-alcohol motifs (C(OH)–C–C–N with tert-alkyl or cyclic N) is 1. The van der Waals surface area contributed by atoms with Gasteiger partial charge >= 0.3 is 0 Å². The zero-order valence-corrected chi connectivity index (χ0v) is 15.6. The van der Waals surface area contributed by atoms with E-state index in [1.54, 1.807) is 30.2 Å². The molecule has 1 aliphatic heterocycles. The number of hydrogen-bond acceptors (Lipinski definition) is 5. The minimum atomic E-state index is -1.03. The van der Waals surface area contributed by atoms with E-state index in [-0.39, 0.29) is 12.5 Å². The van der Waals surface area contributed by atoms with E-state index in [1.165, 1.54) is 0 Å². The van der Waals surface area contributed by atoms with Gasteiger partial charge in [0.25, 0.3) is 5.91 Å². The molecule has 1 fully saturated rings. The quantitative estimate of drug-likeness (QED) is 0.730. The van der Waals surface area contributed by atoms with E-state index in [0.29, 0.717) is 49.6 Å². The number of nitrogens with zero attached hydrogens (tertiary/aromatic N) is 1. The second-order valence-electron chi connectivity index (χ2n) is 6.73. The fourth-order valence-corrected chi connectivity index (χ4v) is 3.32. The van der Waals surface area contributed by atoms with Crippen LogP contribution >= 0.6 is 0 Å². The molecule has 27 heavy (non-hydrogen) atoms. The Balaban J connectivity index is 1.81. The van der Waals surface area contributed by atoms with E-state index in [4.69, 9.17) is 15.2 Å². The molecule has 6 heteroatoms. The van der Waals surface area contributed by atoms with Crippen molar-refractivity contribution in [3.63, 3.8) is 0 Å². The highest BCUT2D eigenvalue weighted by Crippen LogP contribution is 2.34. The number of benzene rings is 2. The van der Waals surface area contributed by atoms with Crippen LogP contribution in [0.25, 0.3) is 0 Å². The van der Waals surface area contributed by atoms with E-state index in [1.807, 2.05) is 30.3 Å². The third-order valence-electron chi connectivity index (χ3n) is 4.87. The molecule has 1 amide bonds. The van der Waals surface area contributed by atoms with Gasteiger partial charge in [0, 0.05) is 6.54 Å². The molecule has 0 saturated carbocycles. The number of likely N-dealkylation sites (tertiary alicyclic amines) is 1.